The Morgan fingerprint density at radius 3 is 2.07 bits per heavy atom. The van der Waals surface area contributed by atoms with Crippen LogP contribution >= 0.6 is 0 Å². The van der Waals surface area contributed by atoms with Gasteiger partial charge in [-0.25, -0.2) is 4.79 Å². The zero-order chi connectivity index (χ0) is 19.8. The molecule has 0 aromatic heterocycles. The van der Waals surface area contributed by atoms with E-state index in [9.17, 15) is 9.59 Å². The summed E-state index contributed by atoms with van der Waals surface area (Å²) in [4.78, 5) is 23.7. The van der Waals surface area contributed by atoms with Crippen molar-refractivity contribution in [2.24, 2.45) is 0 Å². The molecule has 0 fully saturated rings. The summed E-state index contributed by atoms with van der Waals surface area (Å²) in [5.41, 5.74) is 1.75. The molecule has 0 unspecified atom stereocenters. The molecule has 0 amide bonds. The van der Waals surface area contributed by atoms with Crippen molar-refractivity contribution < 1.29 is 33.3 Å². The van der Waals surface area contributed by atoms with E-state index < -0.39 is 11.9 Å². The molecule has 7 nitrogen and oxygen atoms in total. The zero-order valence-corrected chi connectivity index (χ0v) is 15.7. The van der Waals surface area contributed by atoms with Crippen molar-refractivity contribution in [2.75, 3.05) is 28.4 Å². The van der Waals surface area contributed by atoms with E-state index in [0.29, 0.717) is 33.9 Å². The molecule has 0 aliphatic carbocycles. The van der Waals surface area contributed by atoms with Crippen molar-refractivity contribution in [1.29, 1.82) is 0 Å². The Kier molecular flexibility index (Phi) is 7.05. The van der Waals surface area contributed by atoms with Crippen LogP contribution in [0.25, 0.3) is 0 Å². The summed E-state index contributed by atoms with van der Waals surface area (Å²) in [5.74, 6) is 0.515. The molecule has 0 heterocycles. The van der Waals surface area contributed by atoms with Crippen LogP contribution in [0.5, 0.6) is 17.2 Å². The lowest BCUT2D eigenvalue weighted by atomic mass is 10.1. The fraction of sp³-hybridized carbons (Fsp3) is 0.300. The summed E-state index contributed by atoms with van der Waals surface area (Å²) in [6.07, 6.45) is 0.0351. The largest absolute Gasteiger partial charge is 0.493 e. The van der Waals surface area contributed by atoms with Crippen LogP contribution in [0.3, 0.4) is 0 Å². The fourth-order valence-electron chi connectivity index (χ4n) is 2.52. The van der Waals surface area contributed by atoms with Gasteiger partial charge < -0.3 is 23.7 Å². The average molecular weight is 374 g/mol. The maximum atomic E-state index is 12.2. The second-order valence-corrected chi connectivity index (χ2v) is 5.56. The normalized spacial score (nSPS) is 10.1. The molecular weight excluding hydrogens is 352 g/mol. The fourth-order valence-corrected chi connectivity index (χ4v) is 2.52. The van der Waals surface area contributed by atoms with Gasteiger partial charge in [0.2, 0.25) is 5.75 Å². The van der Waals surface area contributed by atoms with Crippen LogP contribution in [0.15, 0.2) is 36.4 Å². The standard InChI is InChI=1S/C20H22O7/c1-23-16-9-14(10-17(24-2)19(16)25-3)11-18(21)27-12-13-6-5-7-15(8-13)20(22)26-4/h5-10H,11-12H2,1-4H3. The van der Waals surface area contributed by atoms with Gasteiger partial charge >= 0.3 is 11.9 Å². The second kappa shape index (κ2) is 9.47. The lowest BCUT2D eigenvalue weighted by Crippen LogP contribution is -2.09. The molecular formula is C20H22O7. The zero-order valence-electron chi connectivity index (χ0n) is 15.7. The molecule has 0 atom stereocenters. The number of carbonyl (C=O) groups is 2. The van der Waals surface area contributed by atoms with E-state index >= 15 is 0 Å². The van der Waals surface area contributed by atoms with Gasteiger partial charge in [0.1, 0.15) is 6.61 Å². The molecule has 7 heteroatoms. The minimum Gasteiger partial charge on any atom is -0.493 e. The summed E-state index contributed by atoms with van der Waals surface area (Å²) >= 11 is 0. The first-order valence-corrected chi connectivity index (χ1v) is 8.14. The van der Waals surface area contributed by atoms with Crippen molar-refractivity contribution in [3.05, 3.63) is 53.1 Å². The average Bonchev–Trinajstić information content (AvgIpc) is 2.70. The number of methoxy groups -OCH3 is 4. The van der Waals surface area contributed by atoms with Crippen LogP contribution in [0.1, 0.15) is 21.5 Å². The predicted molar refractivity (Wildman–Crippen MR) is 97.4 cm³/mol. The van der Waals surface area contributed by atoms with Crippen molar-refractivity contribution in [2.45, 2.75) is 13.0 Å². The molecule has 0 saturated heterocycles. The Morgan fingerprint density at radius 1 is 0.852 bits per heavy atom. The van der Waals surface area contributed by atoms with Gasteiger partial charge in [-0.2, -0.15) is 0 Å². The molecule has 2 aromatic rings. The summed E-state index contributed by atoms with van der Waals surface area (Å²) in [6.45, 7) is 0.0497. The van der Waals surface area contributed by atoms with Crippen LogP contribution in [0.4, 0.5) is 0 Å². The Hall–Kier alpha value is -3.22. The van der Waals surface area contributed by atoms with E-state index in [1.807, 2.05) is 0 Å². The van der Waals surface area contributed by atoms with E-state index in [1.165, 1.54) is 28.4 Å². The summed E-state index contributed by atoms with van der Waals surface area (Å²) in [5, 5.41) is 0. The minimum atomic E-state index is -0.444. The number of rotatable bonds is 8. The molecule has 0 aliphatic heterocycles. The van der Waals surface area contributed by atoms with Crippen LogP contribution in [0.2, 0.25) is 0 Å². The lowest BCUT2D eigenvalue weighted by Gasteiger charge is -2.14. The Balaban J connectivity index is 2.05. The molecule has 0 saturated carbocycles. The van der Waals surface area contributed by atoms with Crippen LogP contribution in [-0.4, -0.2) is 40.4 Å². The van der Waals surface area contributed by atoms with E-state index in [4.69, 9.17) is 18.9 Å². The maximum absolute atomic E-state index is 12.2. The van der Waals surface area contributed by atoms with Gasteiger partial charge in [-0.05, 0) is 35.4 Å². The third-order valence-electron chi connectivity index (χ3n) is 3.82. The number of benzene rings is 2. The molecule has 0 N–H and O–H groups in total. The van der Waals surface area contributed by atoms with Gasteiger partial charge in [0.15, 0.2) is 11.5 Å². The van der Waals surface area contributed by atoms with Gasteiger partial charge in [-0.1, -0.05) is 12.1 Å². The number of esters is 2. The minimum absolute atomic E-state index is 0.0351. The highest BCUT2D eigenvalue weighted by molar-refractivity contribution is 5.89. The van der Waals surface area contributed by atoms with Crippen LogP contribution < -0.4 is 14.2 Å². The number of hydrogen-bond donors (Lipinski definition) is 0. The van der Waals surface area contributed by atoms with Gasteiger partial charge in [-0.15, -0.1) is 0 Å². The van der Waals surface area contributed by atoms with Gasteiger partial charge in [-0.3, -0.25) is 4.79 Å². The monoisotopic (exact) mass is 374 g/mol. The van der Waals surface area contributed by atoms with Crippen LogP contribution in [-0.2, 0) is 27.3 Å². The third kappa shape index (κ3) is 5.13. The molecule has 0 spiro atoms. The number of ether oxygens (including phenoxy) is 5. The Morgan fingerprint density at radius 2 is 1.52 bits per heavy atom. The Bertz CT molecular complexity index is 789. The SMILES string of the molecule is COC(=O)c1cccc(COC(=O)Cc2cc(OC)c(OC)c(OC)c2)c1. The summed E-state index contributed by atoms with van der Waals surface area (Å²) < 4.78 is 25.8. The molecule has 2 aromatic carbocycles. The maximum Gasteiger partial charge on any atom is 0.337 e. The third-order valence-corrected chi connectivity index (χ3v) is 3.82. The molecule has 0 bridgehead atoms. The molecule has 2 rings (SSSR count). The summed E-state index contributed by atoms with van der Waals surface area (Å²) in [7, 11) is 5.84. The van der Waals surface area contributed by atoms with E-state index in [2.05, 4.69) is 4.74 Å². The van der Waals surface area contributed by atoms with Gasteiger partial charge in [0.25, 0.3) is 0 Å². The lowest BCUT2D eigenvalue weighted by molar-refractivity contribution is -0.144. The molecule has 27 heavy (non-hydrogen) atoms. The van der Waals surface area contributed by atoms with Gasteiger partial charge in [0, 0.05) is 0 Å². The molecule has 0 radical (unpaired) electrons. The summed E-state index contributed by atoms with van der Waals surface area (Å²) in [6, 6.07) is 10.1. The highest BCUT2D eigenvalue weighted by Gasteiger charge is 2.15. The van der Waals surface area contributed by atoms with Gasteiger partial charge in [0.05, 0.1) is 40.4 Å². The highest BCUT2D eigenvalue weighted by Crippen LogP contribution is 2.38. The smallest absolute Gasteiger partial charge is 0.337 e. The first kappa shape index (κ1) is 20.1. The van der Waals surface area contributed by atoms with Crippen molar-refractivity contribution in [3.8, 4) is 17.2 Å². The Labute approximate surface area is 157 Å². The first-order chi connectivity index (χ1) is 13.0. The quantitative estimate of drug-likeness (QED) is 0.657. The van der Waals surface area contributed by atoms with E-state index in [0.717, 1.165) is 0 Å². The first-order valence-electron chi connectivity index (χ1n) is 8.14. The molecule has 0 aliphatic rings. The van der Waals surface area contributed by atoms with E-state index in [1.54, 1.807) is 36.4 Å². The highest BCUT2D eigenvalue weighted by atomic mass is 16.5. The molecule has 144 valence electrons. The number of hydrogen-bond acceptors (Lipinski definition) is 7. The number of carbonyl (C=O) groups excluding carboxylic acids is 2. The van der Waals surface area contributed by atoms with Crippen molar-refractivity contribution >= 4 is 11.9 Å². The van der Waals surface area contributed by atoms with Crippen molar-refractivity contribution in [1.82, 2.24) is 0 Å². The topological polar surface area (TPSA) is 80.3 Å². The van der Waals surface area contributed by atoms with E-state index in [-0.39, 0.29) is 13.0 Å². The second-order valence-electron chi connectivity index (χ2n) is 5.56. The predicted octanol–water partition coefficient (Wildman–Crippen LogP) is 2.78. The van der Waals surface area contributed by atoms with Crippen LogP contribution in [0, 0.1) is 0 Å². The van der Waals surface area contributed by atoms with Crippen molar-refractivity contribution in [3.63, 3.8) is 0 Å².